The fourth-order valence-corrected chi connectivity index (χ4v) is 6.80. The van der Waals surface area contributed by atoms with Crippen LogP contribution in [0, 0.1) is 0 Å². The van der Waals surface area contributed by atoms with Gasteiger partial charge in [-0.1, -0.05) is 116 Å². The highest BCUT2D eigenvalue weighted by Crippen LogP contribution is 2.47. The fraction of sp³-hybridized carbons (Fsp3) is 0.0698. The number of allylic oxidation sites excluding steroid dienone is 3. The summed E-state index contributed by atoms with van der Waals surface area (Å²) in [6.07, 6.45) is 7.55. The minimum atomic E-state index is 0.885. The Morgan fingerprint density at radius 3 is 2.09 bits per heavy atom. The summed E-state index contributed by atoms with van der Waals surface area (Å²) in [7, 11) is 0. The van der Waals surface area contributed by atoms with Gasteiger partial charge in [0.05, 0.1) is 16.7 Å². The third-order valence-electron chi connectivity index (χ3n) is 8.76. The van der Waals surface area contributed by atoms with Crippen molar-refractivity contribution in [3.05, 3.63) is 163 Å². The lowest BCUT2D eigenvalue weighted by Gasteiger charge is -2.28. The van der Waals surface area contributed by atoms with Gasteiger partial charge >= 0.3 is 0 Å². The molecule has 0 aliphatic carbocycles. The van der Waals surface area contributed by atoms with Crippen molar-refractivity contribution < 1.29 is 4.42 Å². The van der Waals surface area contributed by atoms with Gasteiger partial charge in [-0.2, -0.15) is 0 Å². The molecule has 0 aliphatic heterocycles. The first kappa shape index (κ1) is 27.7. The maximum absolute atomic E-state index is 6.78. The van der Waals surface area contributed by atoms with E-state index in [4.69, 9.17) is 4.42 Å². The predicted octanol–water partition coefficient (Wildman–Crippen LogP) is 12.4. The van der Waals surface area contributed by atoms with Crippen molar-refractivity contribution in [1.82, 2.24) is 4.57 Å². The third-order valence-corrected chi connectivity index (χ3v) is 8.76. The van der Waals surface area contributed by atoms with Crippen molar-refractivity contribution in [3.8, 4) is 16.8 Å². The molecule has 3 nitrogen and oxygen atoms in total. The molecule has 0 saturated heterocycles. The SMILES string of the molecule is C/C=C\C(=C/CC)N(c1ccccc1)c1cc2c3ccccc3oc2c2c1c1ccccc1n2-c1ccc(-c2ccccc2)cc1. The summed E-state index contributed by atoms with van der Waals surface area (Å²) in [4.78, 5) is 2.41. The number of para-hydroxylation sites is 3. The fourth-order valence-electron chi connectivity index (χ4n) is 6.80. The van der Waals surface area contributed by atoms with Crippen molar-refractivity contribution in [3.63, 3.8) is 0 Å². The van der Waals surface area contributed by atoms with E-state index in [-0.39, 0.29) is 0 Å². The second-order valence-electron chi connectivity index (χ2n) is 11.6. The lowest BCUT2D eigenvalue weighted by molar-refractivity contribution is 0.671. The van der Waals surface area contributed by atoms with Crippen molar-refractivity contribution in [2.75, 3.05) is 4.90 Å². The van der Waals surface area contributed by atoms with Crippen LogP contribution in [0.5, 0.6) is 0 Å². The molecule has 0 N–H and O–H groups in total. The van der Waals surface area contributed by atoms with Gasteiger partial charge < -0.3 is 13.9 Å². The van der Waals surface area contributed by atoms with Crippen LogP contribution in [0.3, 0.4) is 0 Å². The second kappa shape index (κ2) is 11.6. The molecule has 0 radical (unpaired) electrons. The summed E-state index contributed by atoms with van der Waals surface area (Å²) in [5, 5.41) is 4.54. The number of anilines is 2. The lowest BCUT2D eigenvalue weighted by atomic mass is 10.0. The minimum Gasteiger partial charge on any atom is -0.454 e. The summed E-state index contributed by atoms with van der Waals surface area (Å²) in [5.41, 5.74) is 10.8. The highest BCUT2D eigenvalue weighted by atomic mass is 16.3. The van der Waals surface area contributed by atoms with Crippen LogP contribution in [0.15, 0.2) is 168 Å². The molecule has 0 bridgehead atoms. The first-order chi connectivity index (χ1) is 22.8. The molecule has 46 heavy (non-hydrogen) atoms. The number of furan rings is 1. The van der Waals surface area contributed by atoms with Crippen LogP contribution in [0.25, 0.3) is 60.6 Å². The number of nitrogens with zero attached hydrogens (tertiary/aromatic N) is 2. The molecule has 0 spiro atoms. The van der Waals surface area contributed by atoms with Gasteiger partial charge in [0, 0.05) is 38.6 Å². The molecule has 0 unspecified atom stereocenters. The summed E-state index contributed by atoms with van der Waals surface area (Å²) >= 11 is 0. The number of benzene rings is 6. The van der Waals surface area contributed by atoms with Crippen LogP contribution in [-0.2, 0) is 0 Å². The average Bonchev–Trinajstić information content (AvgIpc) is 3.66. The lowest BCUT2D eigenvalue weighted by Crippen LogP contribution is -2.15. The Hall–Kier alpha value is -5.80. The molecule has 0 atom stereocenters. The maximum Gasteiger partial charge on any atom is 0.160 e. The Kier molecular flexibility index (Phi) is 7.00. The standard InChI is InChI=1S/C43H34N2O/c1-3-15-32(16-4-2)44(33-19-9-6-10-20-33)39-29-37-35-21-12-14-24-40(35)46-43(37)42-41(39)36-22-11-13-23-38(36)45(42)34-27-25-31(26-28-34)30-17-7-5-8-18-30/h3,5-29H,4H2,1-2H3/b15-3-,32-16+. The van der Waals surface area contributed by atoms with Crippen molar-refractivity contribution in [1.29, 1.82) is 0 Å². The van der Waals surface area contributed by atoms with Crippen molar-refractivity contribution in [2.45, 2.75) is 20.3 Å². The first-order valence-corrected chi connectivity index (χ1v) is 16.0. The van der Waals surface area contributed by atoms with Crippen LogP contribution in [-0.4, -0.2) is 4.57 Å². The van der Waals surface area contributed by atoms with Gasteiger partial charge in [0.1, 0.15) is 5.58 Å². The number of fused-ring (bicyclic) bond motifs is 7. The Bertz CT molecular complexity index is 2390. The zero-order valence-electron chi connectivity index (χ0n) is 26.0. The Balaban J connectivity index is 1.52. The summed E-state index contributed by atoms with van der Waals surface area (Å²) < 4.78 is 9.16. The minimum absolute atomic E-state index is 0.885. The van der Waals surface area contributed by atoms with Gasteiger partial charge in [-0.05, 0) is 73.0 Å². The van der Waals surface area contributed by atoms with Crippen LogP contribution >= 0.6 is 0 Å². The van der Waals surface area contributed by atoms with Gasteiger partial charge in [0.2, 0.25) is 0 Å². The van der Waals surface area contributed by atoms with E-state index in [1.807, 2.05) is 6.07 Å². The largest absolute Gasteiger partial charge is 0.454 e. The predicted molar refractivity (Wildman–Crippen MR) is 195 cm³/mol. The van der Waals surface area contributed by atoms with E-state index < -0.39 is 0 Å². The average molecular weight is 595 g/mol. The van der Waals surface area contributed by atoms with Crippen molar-refractivity contribution >= 4 is 55.1 Å². The highest BCUT2D eigenvalue weighted by Gasteiger charge is 2.26. The number of aromatic nitrogens is 1. The van der Waals surface area contributed by atoms with E-state index in [0.29, 0.717) is 0 Å². The number of hydrogen-bond donors (Lipinski definition) is 0. The topological polar surface area (TPSA) is 21.3 Å². The van der Waals surface area contributed by atoms with Gasteiger partial charge in [0.25, 0.3) is 0 Å². The molecule has 0 amide bonds. The second-order valence-corrected chi connectivity index (χ2v) is 11.6. The smallest absolute Gasteiger partial charge is 0.160 e. The maximum atomic E-state index is 6.78. The first-order valence-electron chi connectivity index (χ1n) is 16.0. The van der Waals surface area contributed by atoms with Crippen LogP contribution in [0.4, 0.5) is 11.4 Å². The van der Waals surface area contributed by atoms with E-state index in [2.05, 4.69) is 175 Å². The van der Waals surface area contributed by atoms with E-state index in [1.165, 1.54) is 16.5 Å². The molecule has 0 aliphatic rings. The van der Waals surface area contributed by atoms with Crippen LogP contribution in [0.1, 0.15) is 20.3 Å². The number of rotatable bonds is 7. The molecule has 2 heterocycles. The zero-order valence-corrected chi connectivity index (χ0v) is 26.0. The molecule has 6 aromatic carbocycles. The van der Waals surface area contributed by atoms with Gasteiger partial charge in [-0.3, -0.25) is 0 Å². The normalized spacial score (nSPS) is 12.3. The molecule has 222 valence electrons. The molecule has 0 saturated carbocycles. The van der Waals surface area contributed by atoms with Gasteiger partial charge in [-0.15, -0.1) is 0 Å². The third kappa shape index (κ3) is 4.52. The van der Waals surface area contributed by atoms with Gasteiger partial charge in [-0.25, -0.2) is 0 Å². The molecule has 0 fully saturated rings. The molecule has 8 rings (SSSR count). The summed E-state index contributed by atoms with van der Waals surface area (Å²) in [5.74, 6) is 0. The molecular formula is C43H34N2O. The summed E-state index contributed by atoms with van der Waals surface area (Å²) in [6.45, 7) is 4.28. The van der Waals surface area contributed by atoms with E-state index in [9.17, 15) is 0 Å². The van der Waals surface area contributed by atoms with E-state index in [0.717, 1.165) is 67.5 Å². The molecule has 3 heteroatoms. The zero-order chi connectivity index (χ0) is 31.0. The van der Waals surface area contributed by atoms with Crippen molar-refractivity contribution in [2.24, 2.45) is 0 Å². The Morgan fingerprint density at radius 2 is 1.35 bits per heavy atom. The molecule has 8 aromatic rings. The molecule has 2 aromatic heterocycles. The van der Waals surface area contributed by atoms with E-state index >= 15 is 0 Å². The Morgan fingerprint density at radius 1 is 0.696 bits per heavy atom. The summed E-state index contributed by atoms with van der Waals surface area (Å²) in [6, 6.07) is 49.6. The monoisotopic (exact) mass is 594 g/mol. The van der Waals surface area contributed by atoms with E-state index in [1.54, 1.807) is 0 Å². The van der Waals surface area contributed by atoms with Gasteiger partial charge in [0.15, 0.2) is 5.58 Å². The van der Waals surface area contributed by atoms with Crippen LogP contribution < -0.4 is 4.90 Å². The highest BCUT2D eigenvalue weighted by molar-refractivity contribution is 6.26. The van der Waals surface area contributed by atoms with Crippen LogP contribution in [0.2, 0.25) is 0 Å². The quantitative estimate of drug-likeness (QED) is 0.171. The Labute approximate surface area is 268 Å². The molecular weight excluding hydrogens is 560 g/mol. The number of hydrogen-bond acceptors (Lipinski definition) is 2.